The maximum atomic E-state index is 14.1. The molecule has 10 heteroatoms. The van der Waals surface area contributed by atoms with Crippen LogP contribution < -0.4 is 10.1 Å². The number of ether oxygens (including phenoxy) is 1. The predicted octanol–water partition coefficient (Wildman–Crippen LogP) is 5.19. The molecule has 0 spiro atoms. The van der Waals surface area contributed by atoms with Gasteiger partial charge in [-0.1, -0.05) is 18.2 Å². The molecule has 0 saturated carbocycles. The summed E-state index contributed by atoms with van der Waals surface area (Å²) in [5.74, 6) is -0.317. The first kappa shape index (κ1) is 28.0. The van der Waals surface area contributed by atoms with Crippen LogP contribution in [0.25, 0.3) is 11.8 Å². The van der Waals surface area contributed by atoms with Crippen molar-refractivity contribution in [1.29, 1.82) is 0 Å². The Kier molecular flexibility index (Phi) is 8.20. The SMILES string of the molecule is COc1cc(/C=C2/C(=O)N(C(C)c3ccc(F)cc3)/C(=N/C(=O)CCCl)NC2(C)C)ccc1-n1cnc(C)c1. The first-order valence-corrected chi connectivity index (χ1v) is 13.0. The van der Waals surface area contributed by atoms with Crippen LogP contribution in [0.1, 0.15) is 50.1 Å². The van der Waals surface area contributed by atoms with Gasteiger partial charge in [0.2, 0.25) is 11.9 Å². The molecule has 1 unspecified atom stereocenters. The lowest BCUT2D eigenvalue weighted by molar-refractivity contribution is -0.126. The highest BCUT2D eigenvalue weighted by Gasteiger charge is 2.43. The molecule has 39 heavy (non-hydrogen) atoms. The second kappa shape index (κ2) is 11.4. The number of nitrogens with one attached hydrogen (secondary N) is 1. The number of aryl methyl sites for hydroxylation is 1. The third-order valence-corrected chi connectivity index (χ3v) is 6.75. The molecule has 2 heterocycles. The number of aromatic nitrogens is 2. The number of rotatable bonds is 7. The molecule has 1 atom stereocenters. The smallest absolute Gasteiger partial charge is 0.259 e. The minimum atomic E-state index is -0.871. The number of guanidine groups is 1. The summed E-state index contributed by atoms with van der Waals surface area (Å²) >= 11 is 5.75. The lowest BCUT2D eigenvalue weighted by Crippen LogP contribution is -2.62. The summed E-state index contributed by atoms with van der Waals surface area (Å²) in [5, 5.41) is 3.27. The molecule has 0 aliphatic carbocycles. The van der Waals surface area contributed by atoms with Gasteiger partial charge in [0.05, 0.1) is 36.4 Å². The fourth-order valence-electron chi connectivity index (χ4n) is 4.45. The van der Waals surface area contributed by atoms with Crippen LogP contribution in [0.5, 0.6) is 5.75 Å². The number of aliphatic imine (C=N–C) groups is 1. The summed E-state index contributed by atoms with van der Waals surface area (Å²) in [6.07, 6.45) is 5.44. The maximum Gasteiger partial charge on any atom is 0.259 e. The fraction of sp³-hybridized carbons (Fsp3) is 0.310. The van der Waals surface area contributed by atoms with Crippen LogP contribution >= 0.6 is 11.6 Å². The number of hydrogen-bond donors (Lipinski definition) is 1. The second-order valence-corrected chi connectivity index (χ2v) is 10.2. The minimum absolute atomic E-state index is 0.0331. The van der Waals surface area contributed by atoms with E-state index in [0.29, 0.717) is 16.9 Å². The molecular weight excluding hydrogens is 521 g/mol. The molecule has 204 valence electrons. The molecule has 2 aromatic carbocycles. The molecule has 1 aliphatic rings. The van der Waals surface area contributed by atoms with E-state index in [1.54, 1.807) is 38.6 Å². The van der Waals surface area contributed by atoms with Gasteiger partial charge in [0, 0.05) is 24.1 Å². The summed E-state index contributed by atoms with van der Waals surface area (Å²) in [6.45, 7) is 7.40. The molecule has 1 aliphatic heterocycles. The monoisotopic (exact) mass is 551 g/mol. The quantitative estimate of drug-likeness (QED) is 0.322. The van der Waals surface area contributed by atoms with Gasteiger partial charge in [0.25, 0.3) is 5.91 Å². The molecule has 1 saturated heterocycles. The van der Waals surface area contributed by atoms with Gasteiger partial charge in [-0.3, -0.25) is 14.5 Å². The first-order valence-electron chi connectivity index (χ1n) is 12.5. The van der Waals surface area contributed by atoms with Gasteiger partial charge in [-0.05, 0) is 69.2 Å². The van der Waals surface area contributed by atoms with Crippen LogP contribution in [0.2, 0.25) is 0 Å². The normalized spacial score (nSPS) is 17.8. The number of benzene rings is 2. The van der Waals surface area contributed by atoms with Crippen LogP contribution in [0.3, 0.4) is 0 Å². The molecular formula is C29H31ClFN5O3. The van der Waals surface area contributed by atoms with Crippen molar-refractivity contribution in [2.75, 3.05) is 13.0 Å². The second-order valence-electron chi connectivity index (χ2n) is 9.83. The van der Waals surface area contributed by atoms with Crippen molar-refractivity contribution in [2.45, 2.75) is 45.7 Å². The number of nitrogens with zero attached hydrogens (tertiary/aromatic N) is 4. The van der Waals surface area contributed by atoms with Crippen LogP contribution in [0, 0.1) is 12.7 Å². The summed E-state index contributed by atoms with van der Waals surface area (Å²) in [4.78, 5) is 36.4. The lowest BCUT2D eigenvalue weighted by atomic mass is 9.88. The number of imidazole rings is 1. The Morgan fingerprint density at radius 1 is 1.26 bits per heavy atom. The Balaban J connectivity index is 1.78. The molecule has 3 aromatic rings. The van der Waals surface area contributed by atoms with E-state index in [-0.39, 0.29) is 30.0 Å². The van der Waals surface area contributed by atoms with Crippen molar-refractivity contribution in [3.05, 3.63) is 83.2 Å². The summed E-state index contributed by atoms with van der Waals surface area (Å²) in [6, 6.07) is 11.0. The van der Waals surface area contributed by atoms with Crippen molar-refractivity contribution in [3.8, 4) is 11.4 Å². The number of amides is 2. The van der Waals surface area contributed by atoms with Crippen LogP contribution in [0.4, 0.5) is 4.39 Å². The fourth-order valence-corrected chi connectivity index (χ4v) is 4.61. The van der Waals surface area contributed by atoms with Crippen LogP contribution in [0.15, 0.2) is 65.6 Å². The highest BCUT2D eigenvalue weighted by atomic mass is 35.5. The van der Waals surface area contributed by atoms with E-state index in [9.17, 15) is 14.0 Å². The number of hydrogen-bond acceptors (Lipinski definition) is 4. The van der Waals surface area contributed by atoms with Crippen molar-refractivity contribution in [1.82, 2.24) is 19.8 Å². The van der Waals surface area contributed by atoms with Gasteiger partial charge in [-0.2, -0.15) is 4.99 Å². The maximum absolute atomic E-state index is 14.1. The number of halogens is 2. The number of carbonyl (C=O) groups is 2. The Bertz CT molecular complexity index is 1450. The van der Waals surface area contributed by atoms with E-state index in [2.05, 4.69) is 15.3 Å². The van der Waals surface area contributed by atoms with Gasteiger partial charge in [0.15, 0.2) is 0 Å². The average molecular weight is 552 g/mol. The largest absolute Gasteiger partial charge is 0.495 e. The molecule has 0 radical (unpaired) electrons. The van der Waals surface area contributed by atoms with E-state index in [1.165, 1.54) is 17.0 Å². The van der Waals surface area contributed by atoms with Crippen molar-refractivity contribution in [3.63, 3.8) is 0 Å². The Labute approximate surface area is 232 Å². The van der Waals surface area contributed by atoms with Crippen LogP contribution in [-0.2, 0) is 9.59 Å². The van der Waals surface area contributed by atoms with Crippen molar-refractivity contribution in [2.24, 2.45) is 4.99 Å². The zero-order valence-electron chi connectivity index (χ0n) is 22.5. The van der Waals surface area contributed by atoms with Gasteiger partial charge in [-0.25, -0.2) is 9.37 Å². The van der Waals surface area contributed by atoms with E-state index in [1.807, 2.05) is 49.7 Å². The molecule has 2 amide bonds. The van der Waals surface area contributed by atoms with E-state index < -0.39 is 17.5 Å². The van der Waals surface area contributed by atoms with Gasteiger partial charge >= 0.3 is 0 Å². The highest BCUT2D eigenvalue weighted by Crippen LogP contribution is 2.33. The molecule has 4 rings (SSSR count). The highest BCUT2D eigenvalue weighted by molar-refractivity contribution is 6.19. The van der Waals surface area contributed by atoms with Crippen molar-refractivity contribution < 1.29 is 18.7 Å². The molecule has 0 bridgehead atoms. The number of methoxy groups -OCH3 is 1. The summed E-state index contributed by atoms with van der Waals surface area (Å²) in [7, 11) is 1.59. The molecule has 1 N–H and O–H groups in total. The summed E-state index contributed by atoms with van der Waals surface area (Å²) in [5.41, 5.74) is 2.70. The zero-order valence-corrected chi connectivity index (χ0v) is 23.3. The van der Waals surface area contributed by atoms with Gasteiger partial charge in [-0.15, -0.1) is 11.6 Å². The van der Waals surface area contributed by atoms with Crippen molar-refractivity contribution >= 4 is 35.5 Å². The number of carbonyl (C=O) groups excluding carboxylic acids is 2. The Hall–Kier alpha value is -3.98. The minimum Gasteiger partial charge on any atom is -0.495 e. The third-order valence-electron chi connectivity index (χ3n) is 6.56. The average Bonchev–Trinajstić information content (AvgIpc) is 3.32. The molecule has 1 aromatic heterocycles. The molecule has 8 nitrogen and oxygen atoms in total. The first-order chi connectivity index (χ1) is 18.5. The van der Waals surface area contributed by atoms with Crippen LogP contribution in [-0.4, -0.2) is 50.8 Å². The third kappa shape index (κ3) is 6.04. The van der Waals surface area contributed by atoms with E-state index in [4.69, 9.17) is 16.3 Å². The topological polar surface area (TPSA) is 88.8 Å². The zero-order chi connectivity index (χ0) is 28.3. The molecule has 1 fully saturated rings. The predicted molar refractivity (Wildman–Crippen MR) is 149 cm³/mol. The van der Waals surface area contributed by atoms with E-state index >= 15 is 0 Å². The lowest BCUT2D eigenvalue weighted by Gasteiger charge is -2.43. The van der Waals surface area contributed by atoms with E-state index in [0.717, 1.165) is 16.9 Å². The Morgan fingerprint density at radius 2 is 1.97 bits per heavy atom. The van der Waals surface area contributed by atoms with Gasteiger partial charge in [0.1, 0.15) is 11.6 Å². The Morgan fingerprint density at radius 3 is 2.59 bits per heavy atom. The summed E-state index contributed by atoms with van der Waals surface area (Å²) < 4.78 is 21.1. The van der Waals surface area contributed by atoms with Gasteiger partial charge < -0.3 is 14.6 Å². The number of alkyl halides is 1. The standard InChI is InChI=1S/C29H31ClFN5O3/c1-18-16-35(17-32-18)24-11-6-20(15-25(24)39-5)14-23-27(38)36(19(2)21-7-9-22(31)10-8-21)28(34-29(23,3)4)33-26(37)12-13-30/h6-11,14-17,19H,12-13H2,1-5H3,(H,33,34,37)/b23-14-.